The number of carbonyl (C=O) groups excluding carboxylic acids is 1. The van der Waals surface area contributed by atoms with Crippen LogP contribution in [0.2, 0.25) is 0 Å². The zero-order valence-corrected chi connectivity index (χ0v) is 16.1. The second-order valence-corrected chi connectivity index (χ2v) is 9.15. The summed E-state index contributed by atoms with van der Waals surface area (Å²) in [6, 6.07) is 10.5. The number of ether oxygens (including phenoxy) is 1. The van der Waals surface area contributed by atoms with Crippen LogP contribution in [0, 0.1) is 0 Å². The monoisotopic (exact) mass is 396 g/mol. The van der Waals surface area contributed by atoms with E-state index in [9.17, 15) is 13.2 Å². The Morgan fingerprint density at radius 3 is 2.50 bits per heavy atom. The van der Waals surface area contributed by atoms with E-state index in [0.29, 0.717) is 42.6 Å². The maximum Gasteiger partial charge on any atom is 0.279 e. The van der Waals surface area contributed by atoms with Crippen LogP contribution in [0.15, 0.2) is 46.0 Å². The lowest BCUT2D eigenvalue weighted by molar-refractivity contribution is -0.895. The van der Waals surface area contributed by atoms with E-state index >= 15 is 0 Å². The van der Waals surface area contributed by atoms with Crippen molar-refractivity contribution in [3.63, 3.8) is 0 Å². The molecule has 2 heterocycles. The van der Waals surface area contributed by atoms with Gasteiger partial charge in [-0.1, -0.05) is 6.07 Å². The van der Waals surface area contributed by atoms with Gasteiger partial charge in [0.1, 0.15) is 9.96 Å². The highest BCUT2D eigenvalue weighted by atomic mass is 32.2. The molecular formula is C17H22N3O4S2+. The van der Waals surface area contributed by atoms with Crippen molar-refractivity contribution in [3.8, 4) is 5.75 Å². The fourth-order valence-electron chi connectivity index (χ4n) is 2.86. The molecular weight excluding hydrogens is 374 g/mol. The van der Waals surface area contributed by atoms with E-state index in [1.807, 2.05) is 0 Å². The predicted octanol–water partition coefficient (Wildman–Crippen LogP) is 0.285. The lowest BCUT2D eigenvalue weighted by Crippen LogP contribution is -3.15. The molecule has 1 saturated heterocycles. The number of hydrogen-bond donors (Lipinski definition) is 2. The largest absolute Gasteiger partial charge is 0.497 e. The molecule has 9 heteroatoms. The molecule has 1 amide bonds. The molecule has 1 aromatic heterocycles. The number of nitrogens with one attached hydrogen (secondary N) is 2. The first-order chi connectivity index (χ1) is 12.5. The number of amides is 1. The van der Waals surface area contributed by atoms with Crippen LogP contribution >= 0.6 is 11.3 Å². The number of methoxy groups -OCH3 is 1. The topological polar surface area (TPSA) is 80.2 Å². The molecule has 0 atom stereocenters. The van der Waals surface area contributed by atoms with Gasteiger partial charge in [0.15, 0.2) is 6.54 Å². The highest BCUT2D eigenvalue weighted by Crippen LogP contribution is 2.20. The van der Waals surface area contributed by atoms with Gasteiger partial charge in [-0.2, -0.15) is 4.31 Å². The zero-order valence-electron chi connectivity index (χ0n) is 14.5. The number of piperazine rings is 1. The molecule has 0 bridgehead atoms. The van der Waals surface area contributed by atoms with Crippen LogP contribution in [0.5, 0.6) is 5.75 Å². The van der Waals surface area contributed by atoms with Gasteiger partial charge in [-0.15, -0.1) is 11.3 Å². The van der Waals surface area contributed by atoms with Crippen LogP contribution < -0.4 is 15.0 Å². The maximum absolute atomic E-state index is 12.5. The maximum atomic E-state index is 12.5. The van der Waals surface area contributed by atoms with Crippen molar-refractivity contribution in [2.75, 3.05) is 45.2 Å². The van der Waals surface area contributed by atoms with E-state index in [4.69, 9.17) is 4.74 Å². The lowest BCUT2D eigenvalue weighted by Gasteiger charge is -2.30. The van der Waals surface area contributed by atoms with Crippen molar-refractivity contribution < 1.29 is 22.8 Å². The molecule has 1 aliphatic rings. The Balaban J connectivity index is 1.49. The molecule has 1 fully saturated rings. The van der Waals surface area contributed by atoms with E-state index in [0.717, 1.165) is 10.6 Å². The summed E-state index contributed by atoms with van der Waals surface area (Å²) >= 11 is 1.23. The number of sulfonamides is 1. The standard InChI is InChI=1S/C17H21N3O4S2/c1-24-15-6-4-14(5-7-15)18-16(21)13-19-8-10-20(11-9-19)26(22,23)17-3-2-12-25-17/h2-7,12H,8-11,13H2,1H3,(H,18,21)/p+1. The zero-order chi connectivity index (χ0) is 18.6. The van der Waals surface area contributed by atoms with Crippen LogP contribution in [0.3, 0.4) is 0 Å². The predicted molar refractivity (Wildman–Crippen MR) is 100 cm³/mol. The van der Waals surface area contributed by atoms with Gasteiger partial charge in [-0.3, -0.25) is 4.79 Å². The van der Waals surface area contributed by atoms with Crippen molar-refractivity contribution >= 4 is 33.0 Å². The first-order valence-corrected chi connectivity index (χ1v) is 10.6. The summed E-state index contributed by atoms with van der Waals surface area (Å²) in [5.41, 5.74) is 0.717. The second-order valence-electron chi connectivity index (χ2n) is 6.04. The summed E-state index contributed by atoms with van der Waals surface area (Å²) < 4.78 is 32.0. The number of rotatable bonds is 6. The number of nitrogens with zero attached hydrogens (tertiary/aromatic N) is 1. The molecule has 1 aliphatic heterocycles. The summed E-state index contributed by atoms with van der Waals surface area (Å²) in [4.78, 5) is 13.3. The van der Waals surface area contributed by atoms with Crippen LogP contribution in [-0.2, 0) is 14.8 Å². The minimum Gasteiger partial charge on any atom is -0.497 e. The molecule has 1 aromatic carbocycles. The number of hydrogen-bond acceptors (Lipinski definition) is 5. The Kier molecular flexibility index (Phi) is 5.92. The number of carbonyl (C=O) groups is 1. The summed E-state index contributed by atoms with van der Waals surface area (Å²) in [7, 11) is -1.81. The summed E-state index contributed by atoms with van der Waals surface area (Å²) in [5, 5.41) is 4.62. The molecule has 0 saturated carbocycles. The van der Waals surface area contributed by atoms with Gasteiger partial charge in [0.25, 0.3) is 15.9 Å². The average Bonchev–Trinajstić information content (AvgIpc) is 3.18. The third kappa shape index (κ3) is 4.42. The molecule has 0 radical (unpaired) electrons. The molecule has 0 unspecified atom stereocenters. The number of anilines is 1. The van der Waals surface area contributed by atoms with E-state index in [1.165, 1.54) is 15.6 Å². The summed E-state index contributed by atoms with van der Waals surface area (Å²) in [5.74, 6) is 0.649. The molecule has 140 valence electrons. The van der Waals surface area contributed by atoms with Gasteiger partial charge in [-0.25, -0.2) is 8.42 Å². The second kappa shape index (κ2) is 8.17. The lowest BCUT2D eigenvalue weighted by atomic mass is 10.3. The molecule has 26 heavy (non-hydrogen) atoms. The van der Waals surface area contributed by atoms with Gasteiger partial charge in [-0.05, 0) is 35.7 Å². The van der Waals surface area contributed by atoms with Gasteiger partial charge < -0.3 is 15.0 Å². The first kappa shape index (κ1) is 18.8. The molecule has 0 aliphatic carbocycles. The summed E-state index contributed by atoms with van der Waals surface area (Å²) in [6.45, 7) is 2.39. The Bertz CT molecular complexity index is 827. The van der Waals surface area contributed by atoms with Crippen LogP contribution in [0.25, 0.3) is 0 Å². The Labute approximate surface area is 157 Å². The van der Waals surface area contributed by atoms with E-state index < -0.39 is 10.0 Å². The molecule has 3 rings (SSSR count). The minimum atomic E-state index is -3.40. The fraction of sp³-hybridized carbons (Fsp3) is 0.353. The van der Waals surface area contributed by atoms with Crippen LogP contribution in [0.4, 0.5) is 5.69 Å². The van der Waals surface area contributed by atoms with Crippen molar-refractivity contribution in [2.24, 2.45) is 0 Å². The smallest absolute Gasteiger partial charge is 0.279 e. The average molecular weight is 397 g/mol. The number of quaternary nitrogens is 1. The van der Waals surface area contributed by atoms with Crippen molar-refractivity contribution in [3.05, 3.63) is 41.8 Å². The van der Waals surface area contributed by atoms with E-state index in [1.54, 1.807) is 48.9 Å². The van der Waals surface area contributed by atoms with Gasteiger partial charge in [0, 0.05) is 5.69 Å². The third-order valence-corrected chi connectivity index (χ3v) is 7.57. The quantitative estimate of drug-likeness (QED) is 0.735. The Morgan fingerprint density at radius 2 is 1.92 bits per heavy atom. The fourth-order valence-corrected chi connectivity index (χ4v) is 5.45. The van der Waals surface area contributed by atoms with Gasteiger partial charge in [0.2, 0.25) is 0 Å². The Morgan fingerprint density at radius 1 is 1.23 bits per heavy atom. The van der Waals surface area contributed by atoms with Crippen molar-refractivity contribution in [1.82, 2.24) is 4.31 Å². The molecule has 2 N–H and O–H groups in total. The summed E-state index contributed by atoms with van der Waals surface area (Å²) in [6.07, 6.45) is 0. The SMILES string of the molecule is COc1ccc(NC(=O)C[NH+]2CCN(S(=O)(=O)c3cccs3)CC2)cc1. The van der Waals surface area contributed by atoms with Crippen molar-refractivity contribution in [1.29, 1.82) is 0 Å². The van der Waals surface area contributed by atoms with Crippen molar-refractivity contribution in [2.45, 2.75) is 4.21 Å². The van der Waals surface area contributed by atoms with Crippen LogP contribution in [0.1, 0.15) is 0 Å². The highest BCUT2D eigenvalue weighted by Gasteiger charge is 2.31. The first-order valence-electron chi connectivity index (χ1n) is 8.30. The highest BCUT2D eigenvalue weighted by molar-refractivity contribution is 7.91. The minimum absolute atomic E-state index is 0.0836. The number of thiophene rings is 1. The number of benzene rings is 1. The van der Waals surface area contributed by atoms with E-state index in [-0.39, 0.29) is 5.91 Å². The molecule has 7 nitrogen and oxygen atoms in total. The van der Waals surface area contributed by atoms with E-state index in [2.05, 4.69) is 5.32 Å². The molecule has 2 aromatic rings. The Hall–Kier alpha value is -1.94. The molecule has 0 spiro atoms. The normalized spacial score (nSPS) is 16.3. The van der Waals surface area contributed by atoms with Gasteiger partial charge >= 0.3 is 0 Å². The van der Waals surface area contributed by atoms with Gasteiger partial charge in [0.05, 0.1) is 33.3 Å². The third-order valence-electron chi connectivity index (χ3n) is 4.30. The van der Waals surface area contributed by atoms with Crippen LogP contribution in [-0.4, -0.2) is 58.5 Å².